The summed E-state index contributed by atoms with van der Waals surface area (Å²) in [6.45, 7) is 4.34. The molecule has 0 unspecified atom stereocenters. The molecule has 0 saturated heterocycles. The second kappa shape index (κ2) is 8.03. The Morgan fingerprint density at radius 3 is 2.57 bits per heavy atom. The van der Waals surface area contributed by atoms with Crippen molar-refractivity contribution in [2.24, 2.45) is 0 Å². The van der Waals surface area contributed by atoms with Crippen LogP contribution in [0.3, 0.4) is 0 Å². The third-order valence-electron chi connectivity index (χ3n) is 2.94. The van der Waals surface area contributed by atoms with E-state index in [1.165, 1.54) is 23.5 Å². The van der Waals surface area contributed by atoms with Gasteiger partial charge in [-0.05, 0) is 24.6 Å². The Kier molecular flexibility index (Phi) is 6.69. The van der Waals surface area contributed by atoms with E-state index in [9.17, 15) is 8.42 Å². The zero-order chi connectivity index (χ0) is 15.9. The second-order valence-electron chi connectivity index (χ2n) is 4.32. The molecule has 5 nitrogen and oxygen atoms in total. The maximum Gasteiger partial charge on any atom is 0.243 e. The van der Waals surface area contributed by atoms with Gasteiger partial charge in [0.1, 0.15) is 12.4 Å². The van der Waals surface area contributed by atoms with Crippen molar-refractivity contribution in [2.75, 3.05) is 26.8 Å². The summed E-state index contributed by atoms with van der Waals surface area (Å²) in [5.41, 5.74) is 0.445. The highest BCUT2D eigenvalue weighted by Crippen LogP contribution is 2.24. The van der Waals surface area contributed by atoms with Crippen LogP contribution in [0.5, 0.6) is 5.75 Å². The van der Waals surface area contributed by atoms with Crippen molar-refractivity contribution in [3.05, 3.63) is 23.8 Å². The van der Waals surface area contributed by atoms with Crippen LogP contribution in [0.4, 0.5) is 0 Å². The fourth-order valence-electron chi connectivity index (χ4n) is 1.93. The standard InChI is InChI=1S/C15H21NO4S/c1-4-10-16(5-2)21(18,19)14-8-9-15(20-3)13(12-14)7-6-11-17/h8-9,12,17H,4-5,10-11H2,1-3H3. The van der Waals surface area contributed by atoms with Gasteiger partial charge in [0.15, 0.2) is 0 Å². The molecular formula is C15H21NO4S. The van der Waals surface area contributed by atoms with Crippen molar-refractivity contribution < 1.29 is 18.3 Å². The van der Waals surface area contributed by atoms with E-state index < -0.39 is 10.0 Å². The maximum atomic E-state index is 12.6. The van der Waals surface area contributed by atoms with Crippen LogP contribution in [-0.2, 0) is 10.0 Å². The van der Waals surface area contributed by atoms with Crippen LogP contribution in [0.2, 0.25) is 0 Å². The van der Waals surface area contributed by atoms with Gasteiger partial charge in [-0.1, -0.05) is 25.7 Å². The van der Waals surface area contributed by atoms with Crippen LogP contribution >= 0.6 is 0 Å². The van der Waals surface area contributed by atoms with Gasteiger partial charge < -0.3 is 9.84 Å². The van der Waals surface area contributed by atoms with E-state index in [-0.39, 0.29) is 11.5 Å². The number of rotatable bonds is 6. The lowest BCUT2D eigenvalue weighted by Gasteiger charge is -2.20. The molecule has 0 fully saturated rings. The average Bonchev–Trinajstić information content (AvgIpc) is 2.49. The molecule has 1 aromatic carbocycles. The van der Waals surface area contributed by atoms with Crippen molar-refractivity contribution in [3.63, 3.8) is 0 Å². The van der Waals surface area contributed by atoms with Crippen LogP contribution < -0.4 is 4.74 Å². The molecule has 0 aromatic heterocycles. The number of hydrogen-bond acceptors (Lipinski definition) is 4. The molecule has 0 saturated carbocycles. The molecule has 1 N–H and O–H groups in total. The second-order valence-corrected chi connectivity index (χ2v) is 6.26. The molecule has 21 heavy (non-hydrogen) atoms. The van der Waals surface area contributed by atoms with Gasteiger partial charge in [-0.3, -0.25) is 0 Å². The van der Waals surface area contributed by atoms with Gasteiger partial charge in [-0.15, -0.1) is 0 Å². The molecule has 0 aliphatic rings. The van der Waals surface area contributed by atoms with E-state index in [4.69, 9.17) is 9.84 Å². The molecule has 0 aliphatic carbocycles. The fourth-order valence-corrected chi connectivity index (χ4v) is 3.49. The number of aliphatic hydroxyl groups excluding tert-OH is 1. The largest absolute Gasteiger partial charge is 0.495 e. The first kappa shape index (κ1) is 17.5. The van der Waals surface area contributed by atoms with Crippen molar-refractivity contribution in [1.82, 2.24) is 4.31 Å². The molecule has 0 atom stereocenters. The lowest BCUT2D eigenvalue weighted by Crippen LogP contribution is -2.31. The van der Waals surface area contributed by atoms with E-state index >= 15 is 0 Å². The zero-order valence-corrected chi connectivity index (χ0v) is 13.4. The number of methoxy groups -OCH3 is 1. The Bertz CT molecular complexity index is 629. The van der Waals surface area contributed by atoms with Crippen molar-refractivity contribution in [2.45, 2.75) is 25.2 Å². The third-order valence-corrected chi connectivity index (χ3v) is 4.91. The lowest BCUT2D eigenvalue weighted by atomic mass is 10.2. The highest BCUT2D eigenvalue weighted by Gasteiger charge is 2.23. The highest BCUT2D eigenvalue weighted by molar-refractivity contribution is 7.89. The van der Waals surface area contributed by atoms with Crippen LogP contribution in [0.15, 0.2) is 23.1 Å². The number of ether oxygens (including phenoxy) is 1. The smallest absolute Gasteiger partial charge is 0.243 e. The highest BCUT2D eigenvalue weighted by atomic mass is 32.2. The maximum absolute atomic E-state index is 12.6. The van der Waals surface area contributed by atoms with Crippen molar-refractivity contribution >= 4 is 10.0 Å². The lowest BCUT2D eigenvalue weighted by molar-refractivity contribution is 0.350. The van der Waals surface area contributed by atoms with Gasteiger partial charge in [0, 0.05) is 13.1 Å². The Balaban J connectivity index is 3.30. The number of benzene rings is 1. The molecule has 0 aliphatic heterocycles. The molecule has 0 heterocycles. The minimum atomic E-state index is -3.54. The molecule has 0 spiro atoms. The van der Waals surface area contributed by atoms with E-state index in [1.807, 2.05) is 13.8 Å². The molecule has 1 aromatic rings. The minimum Gasteiger partial charge on any atom is -0.495 e. The zero-order valence-electron chi connectivity index (χ0n) is 12.6. The van der Waals surface area contributed by atoms with Gasteiger partial charge in [0.25, 0.3) is 0 Å². The summed E-state index contributed by atoms with van der Waals surface area (Å²) in [6, 6.07) is 4.57. The van der Waals surface area contributed by atoms with Crippen LogP contribution in [0.1, 0.15) is 25.8 Å². The van der Waals surface area contributed by atoms with Gasteiger partial charge in [0.05, 0.1) is 17.6 Å². The SMILES string of the molecule is CCCN(CC)S(=O)(=O)c1ccc(OC)c(C#CCO)c1. The number of sulfonamides is 1. The van der Waals surface area contributed by atoms with E-state index in [0.717, 1.165) is 6.42 Å². The molecule has 0 radical (unpaired) electrons. The Morgan fingerprint density at radius 1 is 1.33 bits per heavy atom. The summed E-state index contributed by atoms with van der Waals surface area (Å²) in [4.78, 5) is 0.181. The molecule has 116 valence electrons. The Hall–Kier alpha value is -1.55. The molecule has 6 heteroatoms. The van der Waals surface area contributed by atoms with Crippen LogP contribution in [0.25, 0.3) is 0 Å². The average molecular weight is 311 g/mol. The molecule has 0 amide bonds. The van der Waals surface area contributed by atoms with Crippen LogP contribution in [-0.4, -0.2) is 44.6 Å². The fraction of sp³-hybridized carbons (Fsp3) is 0.467. The first-order valence-corrected chi connectivity index (χ1v) is 8.23. The molecule has 0 bridgehead atoms. The predicted octanol–water partition coefficient (Wildman–Crippen LogP) is 1.46. The monoisotopic (exact) mass is 311 g/mol. The van der Waals surface area contributed by atoms with Gasteiger partial charge in [-0.25, -0.2) is 8.42 Å². The Labute approximate surface area is 126 Å². The minimum absolute atomic E-state index is 0.181. The summed E-state index contributed by atoms with van der Waals surface area (Å²) < 4.78 is 31.7. The van der Waals surface area contributed by atoms with E-state index in [2.05, 4.69) is 11.8 Å². The summed E-state index contributed by atoms with van der Waals surface area (Å²) in [5.74, 6) is 5.69. The van der Waals surface area contributed by atoms with Gasteiger partial charge in [0.2, 0.25) is 10.0 Å². The summed E-state index contributed by atoms with van der Waals surface area (Å²) in [6.07, 6.45) is 0.750. The number of nitrogens with zero attached hydrogens (tertiary/aromatic N) is 1. The van der Waals surface area contributed by atoms with E-state index in [1.54, 1.807) is 6.07 Å². The van der Waals surface area contributed by atoms with Gasteiger partial charge >= 0.3 is 0 Å². The Morgan fingerprint density at radius 2 is 2.05 bits per heavy atom. The summed E-state index contributed by atoms with van der Waals surface area (Å²) in [5, 5.41) is 8.78. The van der Waals surface area contributed by atoms with Crippen LogP contribution in [0, 0.1) is 11.8 Å². The quantitative estimate of drug-likeness (QED) is 0.808. The van der Waals surface area contributed by atoms with Gasteiger partial charge in [-0.2, -0.15) is 4.31 Å². The number of hydrogen-bond donors (Lipinski definition) is 1. The number of aliphatic hydroxyl groups is 1. The summed E-state index contributed by atoms with van der Waals surface area (Å²) in [7, 11) is -2.05. The normalized spacial score (nSPS) is 11.1. The third kappa shape index (κ3) is 4.21. The molecular weight excluding hydrogens is 290 g/mol. The first-order valence-electron chi connectivity index (χ1n) is 6.79. The molecule has 1 rings (SSSR count). The predicted molar refractivity (Wildman–Crippen MR) is 81.7 cm³/mol. The summed E-state index contributed by atoms with van der Waals surface area (Å²) >= 11 is 0. The van der Waals surface area contributed by atoms with Crippen molar-refractivity contribution in [1.29, 1.82) is 0 Å². The first-order chi connectivity index (χ1) is 10.0. The van der Waals surface area contributed by atoms with Crippen molar-refractivity contribution in [3.8, 4) is 17.6 Å². The van der Waals surface area contributed by atoms with E-state index in [0.29, 0.717) is 24.4 Å². The topological polar surface area (TPSA) is 66.8 Å².